The van der Waals surface area contributed by atoms with E-state index in [1.54, 1.807) is 0 Å². The highest BCUT2D eigenvalue weighted by molar-refractivity contribution is 7.26. The molecule has 1 aliphatic carbocycles. The fourth-order valence-corrected chi connectivity index (χ4v) is 11.4. The summed E-state index contributed by atoms with van der Waals surface area (Å²) in [6.45, 7) is 14.3. The van der Waals surface area contributed by atoms with Crippen molar-refractivity contribution in [3.05, 3.63) is 198 Å². The van der Waals surface area contributed by atoms with E-state index in [1.165, 1.54) is 93.4 Å². The van der Waals surface area contributed by atoms with Crippen LogP contribution in [0.25, 0.3) is 64.7 Å². The van der Waals surface area contributed by atoms with Crippen LogP contribution in [0.3, 0.4) is 0 Å². The van der Waals surface area contributed by atoms with E-state index >= 15 is 0 Å². The van der Waals surface area contributed by atoms with Crippen LogP contribution in [0.1, 0.15) is 56.4 Å². The molecule has 0 bridgehead atoms. The number of fused-ring (bicyclic) bond motifs is 4. The third-order valence-corrected chi connectivity index (χ3v) is 14.0. The first-order valence-corrected chi connectivity index (χ1v) is 21.7. The number of benzene rings is 8. The maximum Gasteiger partial charge on any atom is 0.0546 e. The van der Waals surface area contributed by atoms with Crippen LogP contribution >= 0.6 is 11.3 Å². The molecule has 9 aromatic rings. The Hall–Kier alpha value is -6.22. The van der Waals surface area contributed by atoms with Gasteiger partial charge in [-0.2, -0.15) is 0 Å². The number of aryl methyl sites for hydroxylation is 2. The van der Waals surface area contributed by atoms with Gasteiger partial charge in [-0.1, -0.05) is 155 Å². The van der Waals surface area contributed by atoms with Gasteiger partial charge < -0.3 is 4.90 Å². The van der Waals surface area contributed by atoms with Gasteiger partial charge in [0.15, 0.2) is 0 Å². The SMILES string of the molecule is Cc1cc(-c2ccc(N(c3ccc(-c4ccccc4)cc3)c3cccc(-c4ccccc4)c3-c3ccccc3)cc2)c2sc3cc4c(cc3c2c1C)C(C)(C)CC4(C)C. The van der Waals surface area contributed by atoms with E-state index in [2.05, 4.69) is 222 Å². The highest BCUT2D eigenvalue weighted by Crippen LogP contribution is 2.53. The zero-order chi connectivity index (χ0) is 40.5. The quantitative estimate of drug-likeness (QED) is 0.156. The van der Waals surface area contributed by atoms with Crippen molar-refractivity contribution in [2.75, 3.05) is 4.90 Å². The van der Waals surface area contributed by atoms with Gasteiger partial charge in [0.1, 0.15) is 0 Å². The van der Waals surface area contributed by atoms with Crippen molar-refractivity contribution in [1.82, 2.24) is 0 Å². The zero-order valence-electron chi connectivity index (χ0n) is 34.8. The van der Waals surface area contributed by atoms with Crippen LogP contribution in [0.5, 0.6) is 0 Å². The molecule has 10 rings (SSSR count). The van der Waals surface area contributed by atoms with Crippen LogP contribution in [0, 0.1) is 13.8 Å². The average Bonchev–Trinajstić information content (AvgIpc) is 3.73. The van der Waals surface area contributed by atoms with Crippen LogP contribution in [-0.2, 0) is 10.8 Å². The van der Waals surface area contributed by atoms with Gasteiger partial charge in [-0.05, 0) is 141 Å². The van der Waals surface area contributed by atoms with Crippen LogP contribution in [0.2, 0.25) is 0 Å². The normalized spacial score (nSPS) is 14.1. The summed E-state index contributed by atoms with van der Waals surface area (Å²) in [6, 6.07) is 64.8. The van der Waals surface area contributed by atoms with Gasteiger partial charge in [-0.3, -0.25) is 0 Å². The Kier molecular flexibility index (Phi) is 8.96. The molecular formula is C57H49NS. The van der Waals surface area contributed by atoms with E-state index in [1.807, 2.05) is 11.3 Å². The Bertz CT molecular complexity index is 2990. The van der Waals surface area contributed by atoms with Gasteiger partial charge in [0.2, 0.25) is 0 Å². The first kappa shape index (κ1) is 37.1. The fourth-order valence-electron chi connectivity index (χ4n) is 10.1. The second-order valence-electron chi connectivity index (χ2n) is 17.7. The Morgan fingerprint density at radius 1 is 0.475 bits per heavy atom. The van der Waals surface area contributed by atoms with Gasteiger partial charge in [-0.15, -0.1) is 11.3 Å². The van der Waals surface area contributed by atoms with E-state index in [-0.39, 0.29) is 10.8 Å². The molecule has 0 aliphatic heterocycles. The zero-order valence-corrected chi connectivity index (χ0v) is 35.6. The number of hydrogen-bond donors (Lipinski definition) is 0. The molecular weight excluding hydrogens is 731 g/mol. The summed E-state index contributed by atoms with van der Waals surface area (Å²) in [6.07, 6.45) is 1.18. The molecule has 8 aromatic carbocycles. The average molecular weight is 780 g/mol. The van der Waals surface area contributed by atoms with Crippen molar-refractivity contribution in [3.63, 3.8) is 0 Å². The molecule has 1 aliphatic rings. The minimum absolute atomic E-state index is 0.159. The van der Waals surface area contributed by atoms with E-state index in [9.17, 15) is 0 Å². The van der Waals surface area contributed by atoms with Crippen LogP contribution in [0.15, 0.2) is 176 Å². The van der Waals surface area contributed by atoms with E-state index in [4.69, 9.17) is 0 Å². The van der Waals surface area contributed by atoms with Crippen molar-refractivity contribution in [2.45, 2.75) is 58.8 Å². The minimum Gasteiger partial charge on any atom is -0.310 e. The van der Waals surface area contributed by atoms with Gasteiger partial charge >= 0.3 is 0 Å². The number of anilines is 3. The first-order valence-electron chi connectivity index (χ1n) is 20.9. The number of nitrogens with zero attached hydrogens (tertiary/aromatic N) is 1. The van der Waals surface area contributed by atoms with E-state index in [0.29, 0.717) is 0 Å². The molecule has 0 spiro atoms. The van der Waals surface area contributed by atoms with Gasteiger partial charge in [0, 0.05) is 37.1 Å². The molecule has 0 unspecified atom stereocenters. The van der Waals surface area contributed by atoms with Crippen molar-refractivity contribution in [2.24, 2.45) is 0 Å². The van der Waals surface area contributed by atoms with Crippen molar-refractivity contribution in [3.8, 4) is 44.5 Å². The number of hydrogen-bond acceptors (Lipinski definition) is 2. The topological polar surface area (TPSA) is 3.24 Å². The van der Waals surface area contributed by atoms with Crippen LogP contribution < -0.4 is 4.90 Å². The Balaban J connectivity index is 1.15. The summed E-state index contributed by atoms with van der Waals surface area (Å²) < 4.78 is 2.78. The molecule has 0 fully saturated rings. The fraction of sp³-hybridized carbons (Fsp3) is 0.158. The molecule has 0 radical (unpaired) electrons. The van der Waals surface area contributed by atoms with Gasteiger partial charge in [0.25, 0.3) is 0 Å². The lowest BCUT2D eigenvalue weighted by Crippen LogP contribution is -2.17. The Morgan fingerprint density at radius 2 is 0.983 bits per heavy atom. The largest absolute Gasteiger partial charge is 0.310 e. The van der Waals surface area contributed by atoms with Crippen LogP contribution in [0.4, 0.5) is 17.1 Å². The molecule has 0 amide bonds. The highest BCUT2D eigenvalue weighted by atomic mass is 32.1. The molecule has 288 valence electrons. The van der Waals surface area contributed by atoms with Crippen molar-refractivity contribution >= 4 is 48.6 Å². The maximum atomic E-state index is 2.55. The van der Waals surface area contributed by atoms with Gasteiger partial charge in [-0.25, -0.2) is 0 Å². The third kappa shape index (κ3) is 6.38. The first-order chi connectivity index (χ1) is 28.6. The van der Waals surface area contributed by atoms with Crippen molar-refractivity contribution in [1.29, 1.82) is 0 Å². The molecule has 0 saturated carbocycles. The summed E-state index contributed by atoms with van der Waals surface area (Å²) in [4.78, 5) is 2.44. The second kappa shape index (κ2) is 14.3. The summed E-state index contributed by atoms with van der Waals surface area (Å²) in [5.41, 5.74) is 19.2. The Morgan fingerprint density at radius 3 is 1.59 bits per heavy atom. The van der Waals surface area contributed by atoms with Crippen molar-refractivity contribution < 1.29 is 0 Å². The second-order valence-corrected chi connectivity index (χ2v) is 18.8. The van der Waals surface area contributed by atoms with Gasteiger partial charge in [0.05, 0.1) is 5.69 Å². The molecule has 1 heterocycles. The third-order valence-electron chi connectivity index (χ3n) is 12.8. The summed E-state index contributed by atoms with van der Waals surface area (Å²) in [7, 11) is 0. The molecule has 1 aromatic heterocycles. The summed E-state index contributed by atoms with van der Waals surface area (Å²) in [5, 5.41) is 2.82. The molecule has 59 heavy (non-hydrogen) atoms. The summed E-state index contributed by atoms with van der Waals surface area (Å²) >= 11 is 1.97. The molecule has 1 nitrogen and oxygen atoms in total. The standard InChI is InChI=1S/C57H49NS/c1-37-33-47(55-53(38(37)2)48-34-49-50(35-52(48)59-55)57(5,6)36-56(49,3)4)42-27-31-45(32-28-42)58(44-29-25-40(26-30-44)39-17-10-7-11-18-39)51-24-16-23-46(41-19-12-8-13-20-41)54(51)43-21-14-9-15-22-43/h7-35H,36H2,1-6H3. The summed E-state index contributed by atoms with van der Waals surface area (Å²) in [5.74, 6) is 0. The predicted octanol–water partition coefficient (Wildman–Crippen LogP) is 16.8. The maximum absolute atomic E-state index is 2.55. The molecule has 0 N–H and O–H groups in total. The number of thiophene rings is 1. The van der Waals surface area contributed by atoms with Crippen LogP contribution in [-0.4, -0.2) is 0 Å². The lowest BCUT2D eigenvalue weighted by Gasteiger charge is -2.29. The van der Waals surface area contributed by atoms with E-state index < -0.39 is 0 Å². The lowest BCUT2D eigenvalue weighted by molar-refractivity contribution is 0.403. The smallest absolute Gasteiger partial charge is 0.0546 e. The number of rotatable bonds is 7. The Labute approximate surface area is 353 Å². The molecule has 0 atom stereocenters. The highest BCUT2D eigenvalue weighted by Gasteiger charge is 2.42. The lowest BCUT2D eigenvalue weighted by atomic mass is 9.82. The van der Waals surface area contributed by atoms with E-state index in [0.717, 1.165) is 17.1 Å². The molecule has 2 heteroatoms. The molecule has 0 saturated heterocycles. The monoisotopic (exact) mass is 779 g/mol. The minimum atomic E-state index is 0.159. The predicted molar refractivity (Wildman–Crippen MR) is 256 cm³/mol.